The van der Waals surface area contributed by atoms with E-state index in [-0.39, 0.29) is 17.5 Å². The molecule has 0 aliphatic heterocycles. The fourth-order valence-electron chi connectivity index (χ4n) is 3.79. The molecule has 1 aromatic carbocycles. The van der Waals surface area contributed by atoms with Crippen LogP contribution in [0.1, 0.15) is 44.1 Å². The Morgan fingerprint density at radius 3 is 2.11 bits per heavy atom. The fraction of sp³-hybridized carbons (Fsp3) is 0.429. The van der Waals surface area contributed by atoms with Crippen molar-refractivity contribution in [3.05, 3.63) is 64.2 Å². The molecule has 2 aliphatic rings. The molecule has 6 heteroatoms. The van der Waals surface area contributed by atoms with Gasteiger partial charge in [0.2, 0.25) is 5.91 Å². The van der Waals surface area contributed by atoms with E-state index in [0.29, 0.717) is 17.4 Å². The maximum absolute atomic E-state index is 12.5. The summed E-state index contributed by atoms with van der Waals surface area (Å²) in [6, 6.07) is 6.06. The van der Waals surface area contributed by atoms with E-state index in [1.165, 1.54) is 18.3 Å². The Hall–Kier alpha value is -2.76. The second kappa shape index (κ2) is 9.26. The number of carbonyl (C=O) groups excluding carboxylic acids is 1. The number of fused-ring (bicyclic) bond motifs is 1. The molecule has 1 saturated carbocycles. The molecular formula is C21H25N3O3. The van der Waals surface area contributed by atoms with Gasteiger partial charge in [-0.05, 0) is 68.1 Å². The number of nitro benzene ring substituents is 1. The maximum atomic E-state index is 12.5. The normalized spacial score (nSPS) is 27.6. The zero-order valence-electron chi connectivity index (χ0n) is 15.3. The van der Waals surface area contributed by atoms with Gasteiger partial charge in [-0.3, -0.25) is 14.9 Å². The highest BCUT2D eigenvalue weighted by Crippen LogP contribution is 2.52. The van der Waals surface area contributed by atoms with Crippen molar-refractivity contribution in [2.75, 3.05) is 0 Å². The van der Waals surface area contributed by atoms with Crippen LogP contribution in [0.5, 0.6) is 0 Å². The Balaban J connectivity index is 1.53. The van der Waals surface area contributed by atoms with Gasteiger partial charge in [-0.1, -0.05) is 24.3 Å². The zero-order valence-corrected chi connectivity index (χ0v) is 15.3. The third-order valence-corrected chi connectivity index (χ3v) is 5.29. The zero-order chi connectivity index (χ0) is 19.1. The summed E-state index contributed by atoms with van der Waals surface area (Å²) in [6.45, 7) is 0. The van der Waals surface area contributed by atoms with E-state index in [1.807, 2.05) is 0 Å². The van der Waals surface area contributed by atoms with E-state index < -0.39 is 4.92 Å². The van der Waals surface area contributed by atoms with Crippen LogP contribution in [0.15, 0.2) is 53.7 Å². The van der Waals surface area contributed by atoms with E-state index in [9.17, 15) is 14.9 Å². The van der Waals surface area contributed by atoms with Crippen LogP contribution in [0.3, 0.4) is 0 Å². The first-order chi connectivity index (χ1) is 13.2. The number of nitrogens with zero attached hydrogens (tertiary/aromatic N) is 2. The molecule has 27 heavy (non-hydrogen) atoms. The molecule has 0 heterocycles. The van der Waals surface area contributed by atoms with Crippen LogP contribution in [0, 0.1) is 27.9 Å². The number of non-ortho nitro benzene ring substituents is 1. The number of hydrogen-bond acceptors (Lipinski definition) is 4. The van der Waals surface area contributed by atoms with Gasteiger partial charge in [0.1, 0.15) is 0 Å². The standard InChI is InChI=1S/C21H25N3O3/c25-21(23-22-15-16-11-13-17(14-12-16)24(26)27)20-18-9-7-5-3-1-2-4-6-8-10-19(18)20/h3-6,11-15,18-20H,1-2,7-10H2,(H,23,25)/b5-3-,6-4-,22-15-/t18-,19-/m1/s1. The first kappa shape index (κ1) is 19.0. The minimum Gasteiger partial charge on any atom is -0.273 e. The third-order valence-electron chi connectivity index (χ3n) is 5.29. The Morgan fingerprint density at radius 2 is 1.56 bits per heavy atom. The van der Waals surface area contributed by atoms with Crippen LogP contribution >= 0.6 is 0 Å². The van der Waals surface area contributed by atoms with Crippen molar-refractivity contribution in [1.29, 1.82) is 0 Å². The Kier molecular flexibility index (Phi) is 6.52. The summed E-state index contributed by atoms with van der Waals surface area (Å²) in [7, 11) is 0. The number of allylic oxidation sites excluding steroid dienone is 4. The number of hydrogen-bond donors (Lipinski definition) is 1. The second-order valence-electron chi connectivity index (χ2n) is 7.11. The molecule has 0 aromatic heterocycles. The maximum Gasteiger partial charge on any atom is 0.269 e. The number of hydrazone groups is 1. The molecular weight excluding hydrogens is 342 g/mol. The number of nitro groups is 1. The Labute approximate surface area is 159 Å². The Morgan fingerprint density at radius 1 is 1.00 bits per heavy atom. The van der Waals surface area contributed by atoms with Crippen LogP contribution < -0.4 is 5.43 Å². The monoisotopic (exact) mass is 367 g/mol. The largest absolute Gasteiger partial charge is 0.273 e. The molecule has 142 valence electrons. The predicted octanol–water partition coefficient (Wildman–Crippen LogP) is 4.37. The van der Waals surface area contributed by atoms with E-state index in [1.54, 1.807) is 12.1 Å². The smallest absolute Gasteiger partial charge is 0.269 e. The lowest BCUT2D eigenvalue weighted by atomic mass is 10.1. The minimum atomic E-state index is -0.443. The van der Waals surface area contributed by atoms with E-state index in [4.69, 9.17) is 0 Å². The molecule has 0 bridgehead atoms. The summed E-state index contributed by atoms with van der Waals surface area (Å²) in [4.78, 5) is 22.7. The van der Waals surface area contributed by atoms with Gasteiger partial charge in [-0.15, -0.1) is 0 Å². The SMILES string of the molecule is O=C(N/N=C\c1ccc([N+](=O)[O-])cc1)C1[C@@H]2CC/C=C\CC/C=C\CC[C@@H]12. The van der Waals surface area contributed by atoms with Gasteiger partial charge in [-0.25, -0.2) is 5.43 Å². The molecule has 1 amide bonds. The molecule has 2 atom stereocenters. The van der Waals surface area contributed by atoms with Gasteiger partial charge < -0.3 is 0 Å². The van der Waals surface area contributed by atoms with E-state index in [0.717, 1.165) is 38.5 Å². The van der Waals surface area contributed by atoms with Gasteiger partial charge in [0.25, 0.3) is 5.69 Å². The van der Waals surface area contributed by atoms with Gasteiger partial charge in [0.15, 0.2) is 0 Å². The van der Waals surface area contributed by atoms with Crippen molar-refractivity contribution in [2.24, 2.45) is 22.9 Å². The molecule has 0 unspecified atom stereocenters. The fourth-order valence-corrected chi connectivity index (χ4v) is 3.79. The first-order valence-electron chi connectivity index (χ1n) is 9.54. The molecule has 2 aliphatic carbocycles. The van der Waals surface area contributed by atoms with Crippen LogP contribution in [0.4, 0.5) is 5.69 Å². The topological polar surface area (TPSA) is 84.6 Å². The summed E-state index contributed by atoms with van der Waals surface area (Å²) >= 11 is 0. The van der Waals surface area contributed by atoms with Crippen molar-refractivity contribution in [3.63, 3.8) is 0 Å². The number of nitrogens with one attached hydrogen (secondary N) is 1. The molecule has 0 spiro atoms. The van der Waals surface area contributed by atoms with E-state index in [2.05, 4.69) is 34.8 Å². The van der Waals surface area contributed by atoms with Crippen molar-refractivity contribution >= 4 is 17.8 Å². The predicted molar refractivity (Wildman–Crippen MR) is 105 cm³/mol. The third kappa shape index (κ3) is 5.36. The van der Waals surface area contributed by atoms with Gasteiger partial charge >= 0.3 is 0 Å². The molecule has 1 aromatic rings. The molecule has 6 nitrogen and oxygen atoms in total. The van der Waals surface area contributed by atoms with Crippen molar-refractivity contribution in [2.45, 2.75) is 38.5 Å². The lowest BCUT2D eigenvalue weighted by Crippen LogP contribution is -2.21. The van der Waals surface area contributed by atoms with Gasteiger partial charge in [-0.2, -0.15) is 5.10 Å². The molecule has 0 saturated heterocycles. The number of rotatable bonds is 4. The minimum absolute atomic E-state index is 0.0222. The molecule has 0 radical (unpaired) electrons. The number of amides is 1. The second-order valence-corrected chi connectivity index (χ2v) is 7.11. The van der Waals surface area contributed by atoms with Crippen LogP contribution in [-0.4, -0.2) is 17.0 Å². The Bertz CT molecular complexity index is 728. The average molecular weight is 367 g/mol. The number of benzene rings is 1. The summed E-state index contributed by atoms with van der Waals surface area (Å²) < 4.78 is 0. The summed E-state index contributed by atoms with van der Waals surface area (Å²) in [5.41, 5.74) is 3.39. The average Bonchev–Trinajstić information content (AvgIpc) is 3.34. The molecule has 1 fully saturated rings. The molecule has 3 rings (SSSR count). The quantitative estimate of drug-likeness (QED) is 0.371. The van der Waals surface area contributed by atoms with Gasteiger partial charge in [0.05, 0.1) is 11.1 Å². The van der Waals surface area contributed by atoms with Crippen molar-refractivity contribution in [3.8, 4) is 0 Å². The summed E-state index contributed by atoms with van der Waals surface area (Å²) in [5.74, 6) is 0.904. The van der Waals surface area contributed by atoms with E-state index >= 15 is 0 Å². The lowest BCUT2D eigenvalue weighted by Gasteiger charge is -1.99. The summed E-state index contributed by atoms with van der Waals surface area (Å²) in [5, 5.41) is 14.7. The first-order valence-corrected chi connectivity index (χ1v) is 9.54. The summed E-state index contributed by atoms with van der Waals surface area (Å²) in [6.07, 6.45) is 16.8. The highest BCUT2D eigenvalue weighted by atomic mass is 16.6. The lowest BCUT2D eigenvalue weighted by molar-refractivity contribution is -0.384. The van der Waals surface area contributed by atoms with Crippen molar-refractivity contribution in [1.82, 2.24) is 5.43 Å². The van der Waals surface area contributed by atoms with Crippen LogP contribution in [0.25, 0.3) is 0 Å². The highest BCUT2D eigenvalue weighted by Gasteiger charge is 2.52. The van der Waals surface area contributed by atoms with Crippen LogP contribution in [0.2, 0.25) is 0 Å². The van der Waals surface area contributed by atoms with Gasteiger partial charge in [0, 0.05) is 18.1 Å². The highest BCUT2D eigenvalue weighted by molar-refractivity contribution is 5.85. The van der Waals surface area contributed by atoms with Crippen molar-refractivity contribution < 1.29 is 9.72 Å². The molecule has 1 N–H and O–H groups in total. The van der Waals surface area contributed by atoms with Crippen LogP contribution in [-0.2, 0) is 4.79 Å². The number of carbonyl (C=O) groups is 1.